The molecular weight excluding hydrogens is 300 g/mol. The van der Waals surface area contributed by atoms with E-state index in [9.17, 15) is 9.59 Å². The van der Waals surface area contributed by atoms with Crippen LogP contribution in [0, 0.1) is 0 Å². The summed E-state index contributed by atoms with van der Waals surface area (Å²) >= 11 is 0. The molecule has 0 radical (unpaired) electrons. The van der Waals surface area contributed by atoms with Gasteiger partial charge in [0.15, 0.2) is 0 Å². The third-order valence-corrected chi connectivity index (χ3v) is 4.20. The molecule has 2 N–H and O–H groups in total. The fraction of sp³-hybridized carbons (Fsp3) is 0.200. The number of hydrogen-bond acceptors (Lipinski definition) is 2. The van der Waals surface area contributed by atoms with Crippen LogP contribution < -0.4 is 10.6 Å². The van der Waals surface area contributed by atoms with Crippen molar-refractivity contribution in [1.82, 2.24) is 5.32 Å². The van der Waals surface area contributed by atoms with Gasteiger partial charge in [-0.15, -0.1) is 0 Å². The second-order valence-electron chi connectivity index (χ2n) is 6.07. The maximum absolute atomic E-state index is 12.4. The lowest BCUT2D eigenvalue weighted by atomic mass is 10.0. The fourth-order valence-corrected chi connectivity index (χ4v) is 2.82. The van der Waals surface area contributed by atoms with Crippen molar-refractivity contribution in [2.45, 2.75) is 24.8 Å². The molecule has 0 spiro atoms. The first-order valence-corrected chi connectivity index (χ1v) is 8.00. The monoisotopic (exact) mass is 320 g/mol. The van der Waals surface area contributed by atoms with Crippen LogP contribution in [0.5, 0.6) is 0 Å². The first-order valence-electron chi connectivity index (χ1n) is 8.00. The standard InChI is InChI=1S/C20H20N2O2/c1-2-18(23)21-17-10-6-7-15(13-17)14-19(24)22-20(11-12-20)16-8-4-3-5-9-16/h2-10,13H,1,11-12,14H2,(H,21,23)(H,22,24). The number of carbonyl (C=O) groups is 2. The number of carbonyl (C=O) groups excluding carboxylic acids is 2. The molecule has 1 aliphatic carbocycles. The van der Waals surface area contributed by atoms with Gasteiger partial charge >= 0.3 is 0 Å². The Morgan fingerprint density at radius 1 is 1.08 bits per heavy atom. The third-order valence-electron chi connectivity index (χ3n) is 4.20. The topological polar surface area (TPSA) is 58.2 Å². The highest BCUT2D eigenvalue weighted by molar-refractivity contribution is 5.98. The van der Waals surface area contributed by atoms with Crippen LogP contribution in [0.15, 0.2) is 67.3 Å². The zero-order chi connectivity index (χ0) is 17.0. The van der Waals surface area contributed by atoms with Crippen LogP contribution in [0.3, 0.4) is 0 Å². The van der Waals surface area contributed by atoms with Gasteiger partial charge in [0.1, 0.15) is 0 Å². The average molecular weight is 320 g/mol. The number of amides is 2. The van der Waals surface area contributed by atoms with E-state index in [2.05, 4.69) is 29.3 Å². The molecule has 0 bridgehead atoms. The second-order valence-corrected chi connectivity index (χ2v) is 6.07. The van der Waals surface area contributed by atoms with Crippen molar-refractivity contribution in [3.63, 3.8) is 0 Å². The SMILES string of the molecule is C=CC(=O)Nc1cccc(CC(=O)NC2(c3ccccc3)CC2)c1. The van der Waals surface area contributed by atoms with Crippen LogP contribution in [0.4, 0.5) is 5.69 Å². The Morgan fingerprint density at radius 3 is 2.50 bits per heavy atom. The van der Waals surface area contributed by atoms with Gasteiger partial charge in [0.2, 0.25) is 11.8 Å². The van der Waals surface area contributed by atoms with Crippen molar-refractivity contribution in [1.29, 1.82) is 0 Å². The van der Waals surface area contributed by atoms with E-state index >= 15 is 0 Å². The summed E-state index contributed by atoms with van der Waals surface area (Å²) in [6, 6.07) is 17.4. The molecule has 4 heteroatoms. The summed E-state index contributed by atoms with van der Waals surface area (Å²) in [7, 11) is 0. The quantitative estimate of drug-likeness (QED) is 0.803. The van der Waals surface area contributed by atoms with Gasteiger partial charge in [-0.25, -0.2) is 0 Å². The molecule has 2 aromatic rings. The summed E-state index contributed by atoms with van der Waals surface area (Å²) in [4.78, 5) is 23.8. The summed E-state index contributed by atoms with van der Waals surface area (Å²) in [5.41, 5.74) is 2.48. The Labute approximate surface area is 141 Å². The van der Waals surface area contributed by atoms with Crippen molar-refractivity contribution in [3.05, 3.63) is 78.4 Å². The van der Waals surface area contributed by atoms with Gasteiger partial charge in [0.05, 0.1) is 12.0 Å². The maximum atomic E-state index is 12.4. The molecule has 122 valence electrons. The van der Waals surface area contributed by atoms with Gasteiger partial charge in [-0.05, 0) is 42.2 Å². The van der Waals surface area contributed by atoms with E-state index < -0.39 is 0 Å². The summed E-state index contributed by atoms with van der Waals surface area (Å²) in [5.74, 6) is -0.277. The fourth-order valence-electron chi connectivity index (χ4n) is 2.82. The molecular formula is C20H20N2O2. The van der Waals surface area contributed by atoms with Crippen molar-refractivity contribution >= 4 is 17.5 Å². The zero-order valence-corrected chi connectivity index (χ0v) is 13.4. The lowest BCUT2D eigenvalue weighted by molar-refractivity contribution is -0.121. The van der Waals surface area contributed by atoms with E-state index in [-0.39, 0.29) is 23.8 Å². The normalized spacial score (nSPS) is 14.5. The highest BCUT2D eigenvalue weighted by Gasteiger charge is 2.45. The molecule has 3 rings (SSSR count). The molecule has 0 saturated heterocycles. The largest absolute Gasteiger partial charge is 0.346 e. The summed E-state index contributed by atoms with van der Waals surface area (Å²) in [5, 5.41) is 5.86. The van der Waals surface area contributed by atoms with Gasteiger partial charge in [0, 0.05) is 5.69 Å². The van der Waals surface area contributed by atoms with Crippen molar-refractivity contribution in [2.24, 2.45) is 0 Å². The third kappa shape index (κ3) is 3.71. The number of rotatable bonds is 6. The van der Waals surface area contributed by atoms with Crippen LogP contribution in [0.2, 0.25) is 0 Å². The number of hydrogen-bond donors (Lipinski definition) is 2. The average Bonchev–Trinajstić information content (AvgIpc) is 3.36. The molecule has 4 nitrogen and oxygen atoms in total. The lowest BCUT2D eigenvalue weighted by Gasteiger charge is -2.18. The highest BCUT2D eigenvalue weighted by Crippen LogP contribution is 2.45. The Hall–Kier alpha value is -2.88. The highest BCUT2D eigenvalue weighted by atomic mass is 16.2. The van der Waals surface area contributed by atoms with E-state index in [0.29, 0.717) is 5.69 Å². The molecule has 24 heavy (non-hydrogen) atoms. The van der Waals surface area contributed by atoms with Crippen LogP contribution in [-0.4, -0.2) is 11.8 Å². The number of nitrogens with one attached hydrogen (secondary N) is 2. The summed E-state index contributed by atoms with van der Waals surface area (Å²) in [6.45, 7) is 3.43. The molecule has 0 heterocycles. The molecule has 0 aromatic heterocycles. The smallest absolute Gasteiger partial charge is 0.247 e. The van der Waals surface area contributed by atoms with Crippen LogP contribution in [0.1, 0.15) is 24.0 Å². The van der Waals surface area contributed by atoms with Crippen LogP contribution in [-0.2, 0) is 21.5 Å². The second kappa shape index (κ2) is 6.71. The molecule has 1 saturated carbocycles. The van der Waals surface area contributed by atoms with E-state index in [1.807, 2.05) is 36.4 Å². The van der Waals surface area contributed by atoms with Crippen LogP contribution in [0.25, 0.3) is 0 Å². The van der Waals surface area contributed by atoms with Gasteiger partial charge in [-0.3, -0.25) is 9.59 Å². The molecule has 0 unspecified atom stereocenters. The van der Waals surface area contributed by atoms with Gasteiger partial charge in [0.25, 0.3) is 0 Å². The van der Waals surface area contributed by atoms with Crippen molar-refractivity contribution in [2.75, 3.05) is 5.32 Å². The first-order chi connectivity index (χ1) is 11.6. The zero-order valence-electron chi connectivity index (χ0n) is 13.4. The van der Waals surface area contributed by atoms with Gasteiger partial charge < -0.3 is 10.6 Å². The van der Waals surface area contributed by atoms with Crippen LogP contribution >= 0.6 is 0 Å². The summed E-state index contributed by atoms with van der Waals surface area (Å²) in [6.07, 6.45) is 3.44. The van der Waals surface area contributed by atoms with Crippen molar-refractivity contribution in [3.8, 4) is 0 Å². The van der Waals surface area contributed by atoms with Crippen molar-refractivity contribution < 1.29 is 9.59 Å². The predicted molar refractivity (Wildman–Crippen MR) is 94.5 cm³/mol. The minimum Gasteiger partial charge on any atom is -0.346 e. The Kier molecular flexibility index (Phi) is 4.47. The first kappa shape index (κ1) is 16.0. The molecule has 2 amide bonds. The minimum atomic E-state index is -0.266. The lowest BCUT2D eigenvalue weighted by Crippen LogP contribution is -2.35. The number of benzene rings is 2. The van der Waals surface area contributed by atoms with E-state index in [4.69, 9.17) is 0 Å². The molecule has 1 aliphatic rings. The minimum absolute atomic E-state index is 0.0106. The van der Waals surface area contributed by atoms with Gasteiger partial charge in [-0.2, -0.15) is 0 Å². The molecule has 1 fully saturated rings. The Balaban J connectivity index is 1.64. The molecule has 0 aliphatic heterocycles. The molecule has 2 aromatic carbocycles. The van der Waals surface area contributed by atoms with E-state index in [1.54, 1.807) is 6.07 Å². The Bertz CT molecular complexity index is 764. The Morgan fingerprint density at radius 2 is 1.83 bits per heavy atom. The maximum Gasteiger partial charge on any atom is 0.247 e. The molecule has 0 atom stereocenters. The van der Waals surface area contributed by atoms with E-state index in [1.165, 1.54) is 6.08 Å². The summed E-state index contributed by atoms with van der Waals surface area (Å²) < 4.78 is 0. The number of anilines is 1. The van der Waals surface area contributed by atoms with Gasteiger partial charge in [-0.1, -0.05) is 49.0 Å². The predicted octanol–water partition coefficient (Wildman–Crippen LogP) is 3.16. The van der Waals surface area contributed by atoms with E-state index in [0.717, 1.165) is 24.0 Å².